The maximum Gasteiger partial charge on any atom is 0.0656 e. The van der Waals surface area contributed by atoms with Crippen molar-refractivity contribution in [2.24, 2.45) is 11.7 Å². The third-order valence-electron chi connectivity index (χ3n) is 3.14. The zero-order chi connectivity index (χ0) is 11.5. The highest BCUT2D eigenvalue weighted by molar-refractivity contribution is 4.97. The molecule has 1 aliphatic rings. The number of rotatable bonds is 7. The maximum atomic E-state index is 5.91. The molecule has 90 valence electrons. The Labute approximate surface area is 94.0 Å². The molecule has 1 aliphatic carbocycles. The van der Waals surface area contributed by atoms with Gasteiger partial charge < -0.3 is 10.5 Å². The minimum atomic E-state index is 0.0141. The molecule has 0 heterocycles. The quantitative estimate of drug-likeness (QED) is 0.697. The van der Waals surface area contributed by atoms with Crippen LogP contribution in [-0.2, 0) is 4.74 Å². The Morgan fingerprint density at radius 2 is 2.07 bits per heavy atom. The van der Waals surface area contributed by atoms with Gasteiger partial charge in [-0.3, -0.25) is 4.90 Å². The van der Waals surface area contributed by atoms with E-state index in [4.69, 9.17) is 10.5 Å². The van der Waals surface area contributed by atoms with Crippen LogP contribution in [-0.4, -0.2) is 43.3 Å². The summed E-state index contributed by atoms with van der Waals surface area (Å²) in [6.45, 7) is 9.27. The van der Waals surface area contributed by atoms with Crippen LogP contribution in [0.3, 0.4) is 0 Å². The molecule has 0 amide bonds. The summed E-state index contributed by atoms with van der Waals surface area (Å²) in [4.78, 5) is 2.56. The van der Waals surface area contributed by atoms with Gasteiger partial charge in [0.2, 0.25) is 0 Å². The number of hydrogen-bond donors (Lipinski definition) is 1. The van der Waals surface area contributed by atoms with Crippen LogP contribution in [0, 0.1) is 5.92 Å². The average Bonchev–Trinajstić information content (AvgIpc) is 2.97. The Bertz CT molecular complexity index is 192. The van der Waals surface area contributed by atoms with Crippen molar-refractivity contribution >= 4 is 0 Å². The second-order valence-corrected chi connectivity index (χ2v) is 5.41. The summed E-state index contributed by atoms with van der Waals surface area (Å²) in [7, 11) is 1.76. The summed E-state index contributed by atoms with van der Waals surface area (Å²) in [5.74, 6) is 0.688. The van der Waals surface area contributed by atoms with E-state index < -0.39 is 0 Å². The fourth-order valence-electron chi connectivity index (χ4n) is 2.16. The minimum Gasteiger partial charge on any atom is -0.383 e. The molecule has 3 nitrogen and oxygen atoms in total. The molecule has 3 heteroatoms. The van der Waals surface area contributed by atoms with E-state index in [9.17, 15) is 0 Å². The van der Waals surface area contributed by atoms with E-state index in [1.807, 2.05) is 0 Å². The van der Waals surface area contributed by atoms with Crippen molar-refractivity contribution in [3.63, 3.8) is 0 Å². The normalized spacial score (nSPS) is 21.0. The van der Waals surface area contributed by atoms with E-state index in [0.29, 0.717) is 12.5 Å². The van der Waals surface area contributed by atoms with Crippen molar-refractivity contribution in [2.75, 3.05) is 26.8 Å². The molecule has 15 heavy (non-hydrogen) atoms. The lowest BCUT2D eigenvalue weighted by atomic mass is 9.99. The zero-order valence-electron chi connectivity index (χ0n) is 10.6. The zero-order valence-corrected chi connectivity index (χ0v) is 10.6. The first-order chi connectivity index (χ1) is 7.03. The van der Waals surface area contributed by atoms with Crippen LogP contribution in [0.4, 0.5) is 0 Å². The molecule has 0 aromatic heterocycles. The molecule has 0 spiro atoms. The molecule has 0 saturated heterocycles. The van der Waals surface area contributed by atoms with Crippen LogP contribution in [0.2, 0.25) is 0 Å². The summed E-state index contributed by atoms with van der Waals surface area (Å²) < 4.78 is 5.32. The van der Waals surface area contributed by atoms with Gasteiger partial charge in [-0.15, -0.1) is 0 Å². The summed E-state index contributed by atoms with van der Waals surface area (Å²) in [6.07, 6.45) is 2.65. The lowest BCUT2D eigenvalue weighted by molar-refractivity contribution is 0.0143. The Kier molecular flexibility index (Phi) is 4.56. The molecule has 0 aromatic carbocycles. The molecular weight excluding hydrogens is 188 g/mol. The van der Waals surface area contributed by atoms with Gasteiger partial charge >= 0.3 is 0 Å². The van der Waals surface area contributed by atoms with Crippen molar-refractivity contribution in [1.29, 1.82) is 0 Å². The van der Waals surface area contributed by atoms with Gasteiger partial charge in [0.25, 0.3) is 0 Å². The molecule has 1 fully saturated rings. The van der Waals surface area contributed by atoms with E-state index in [1.54, 1.807) is 7.11 Å². The molecule has 1 atom stereocenters. The van der Waals surface area contributed by atoms with Crippen LogP contribution < -0.4 is 5.73 Å². The van der Waals surface area contributed by atoms with Gasteiger partial charge in [-0.1, -0.05) is 13.8 Å². The highest BCUT2D eigenvalue weighted by Gasteiger charge is 2.40. The third kappa shape index (κ3) is 3.44. The van der Waals surface area contributed by atoms with Crippen molar-refractivity contribution in [2.45, 2.75) is 45.2 Å². The highest BCUT2D eigenvalue weighted by Crippen LogP contribution is 2.33. The highest BCUT2D eigenvalue weighted by atomic mass is 16.5. The first-order valence-electron chi connectivity index (χ1n) is 5.99. The fraction of sp³-hybridized carbons (Fsp3) is 1.00. The standard InChI is InChI=1S/C12H26N2O/c1-10(2)7-14(11-5-6-11)12(3,8-13)9-15-4/h10-11H,5-9,13H2,1-4H3. The predicted molar refractivity (Wildman–Crippen MR) is 63.9 cm³/mol. The SMILES string of the molecule is COCC(C)(CN)N(CC(C)C)C1CC1. The Hall–Kier alpha value is -0.120. The summed E-state index contributed by atoms with van der Waals surface area (Å²) in [6, 6.07) is 0.746. The molecular formula is C12H26N2O. The van der Waals surface area contributed by atoms with Gasteiger partial charge in [0.1, 0.15) is 0 Å². The number of hydrogen-bond acceptors (Lipinski definition) is 3. The molecule has 0 bridgehead atoms. The smallest absolute Gasteiger partial charge is 0.0656 e. The lowest BCUT2D eigenvalue weighted by Crippen LogP contribution is -2.56. The lowest BCUT2D eigenvalue weighted by Gasteiger charge is -2.41. The summed E-state index contributed by atoms with van der Waals surface area (Å²) in [5.41, 5.74) is 5.93. The van der Waals surface area contributed by atoms with Crippen molar-refractivity contribution < 1.29 is 4.74 Å². The number of methoxy groups -OCH3 is 1. The van der Waals surface area contributed by atoms with Gasteiger partial charge in [-0.05, 0) is 25.7 Å². The molecule has 1 rings (SSSR count). The van der Waals surface area contributed by atoms with Crippen molar-refractivity contribution in [3.05, 3.63) is 0 Å². The maximum absolute atomic E-state index is 5.91. The second kappa shape index (κ2) is 5.28. The van der Waals surface area contributed by atoms with Crippen LogP contribution in [0.5, 0.6) is 0 Å². The monoisotopic (exact) mass is 214 g/mol. The fourth-order valence-corrected chi connectivity index (χ4v) is 2.16. The van der Waals surface area contributed by atoms with Gasteiger partial charge in [0.15, 0.2) is 0 Å². The number of ether oxygens (including phenoxy) is 1. The van der Waals surface area contributed by atoms with E-state index >= 15 is 0 Å². The van der Waals surface area contributed by atoms with Gasteiger partial charge in [-0.25, -0.2) is 0 Å². The van der Waals surface area contributed by atoms with Gasteiger partial charge in [0.05, 0.1) is 12.1 Å². The average molecular weight is 214 g/mol. The van der Waals surface area contributed by atoms with Crippen molar-refractivity contribution in [3.8, 4) is 0 Å². The topological polar surface area (TPSA) is 38.5 Å². The second-order valence-electron chi connectivity index (χ2n) is 5.41. The van der Waals surface area contributed by atoms with Crippen LogP contribution in [0.15, 0.2) is 0 Å². The number of nitrogens with two attached hydrogens (primary N) is 1. The van der Waals surface area contributed by atoms with E-state index in [0.717, 1.165) is 19.2 Å². The van der Waals surface area contributed by atoms with Crippen LogP contribution in [0.25, 0.3) is 0 Å². The van der Waals surface area contributed by atoms with Crippen LogP contribution in [0.1, 0.15) is 33.6 Å². The molecule has 2 N–H and O–H groups in total. The number of nitrogens with zero attached hydrogens (tertiary/aromatic N) is 1. The Morgan fingerprint density at radius 1 is 1.47 bits per heavy atom. The van der Waals surface area contributed by atoms with Gasteiger partial charge in [0, 0.05) is 26.2 Å². The first kappa shape index (κ1) is 12.9. The van der Waals surface area contributed by atoms with E-state index in [1.165, 1.54) is 12.8 Å². The summed E-state index contributed by atoms with van der Waals surface area (Å²) in [5, 5.41) is 0. The molecule has 1 saturated carbocycles. The molecule has 1 unspecified atom stereocenters. The third-order valence-corrected chi connectivity index (χ3v) is 3.14. The largest absolute Gasteiger partial charge is 0.383 e. The van der Waals surface area contributed by atoms with Crippen LogP contribution >= 0.6 is 0 Å². The summed E-state index contributed by atoms with van der Waals surface area (Å²) >= 11 is 0. The molecule has 0 aromatic rings. The Balaban J connectivity index is 2.65. The van der Waals surface area contributed by atoms with E-state index in [-0.39, 0.29) is 5.54 Å². The van der Waals surface area contributed by atoms with Gasteiger partial charge in [-0.2, -0.15) is 0 Å². The first-order valence-corrected chi connectivity index (χ1v) is 5.99. The minimum absolute atomic E-state index is 0.0141. The Morgan fingerprint density at radius 3 is 2.40 bits per heavy atom. The molecule has 0 radical (unpaired) electrons. The molecule has 0 aliphatic heterocycles. The van der Waals surface area contributed by atoms with E-state index in [2.05, 4.69) is 25.7 Å². The van der Waals surface area contributed by atoms with Crippen molar-refractivity contribution in [1.82, 2.24) is 4.90 Å². The predicted octanol–water partition coefficient (Wildman–Crippen LogP) is 1.47.